The van der Waals surface area contributed by atoms with Crippen molar-refractivity contribution >= 4 is 21.6 Å². The minimum atomic E-state index is 0.254. The van der Waals surface area contributed by atoms with E-state index >= 15 is 0 Å². The van der Waals surface area contributed by atoms with Gasteiger partial charge in [-0.1, -0.05) is 36.7 Å². The summed E-state index contributed by atoms with van der Waals surface area (Å²) < 4.78 is 1.15. The van der Waals surface area contributed by atoms with Gasteiger partial charge in [0.15, 0.2) is 0 Å². The predicted octanol–water partition coefficient (Wildman–Crippen LogP) is 4.21. The molecule has 3 atom stereocenters. The summed E-state index contributed by atoms with van der Waals surface area (Å²) in [4.78, 5) is 2.55. The van der Waals surface area contributed by atoms with Gasteiger partial charge in [-0.15, -0.1) is 0 Å². The number of halogens is 1. The second kappa shape index (κ2) is 6.95. The van der Waals surface area contributed by atoms with Crippen LogP contribution >= 0.6 is 15.9 Å². The van der Waals surface area contributed by atoms with Crippen LogP contribution in [0, 0.1) is 11.8 Å². The summed E-state index contributed by atoms with van der Waals surface area (Å²) in [6.07, 6.45) is 3.28. The summed E-state index contributed by atoms with van der Waals surface area (Å²) in [5.41, 5.74) is 8.94. The molecule has 0 spiro atoms. The Bertz CT molecular complexity index is 447. The molecule has 0 aromatic heterocycles. The van der Waals surface area contributed by atoms with Gasteiger partial charge in [-0.25, -0.2) is 0 Å². The van der Waals surface area contributed by atoms with Gasteiger partial charge in [0.1, 0.15) is 0 Å². The van der Waals surface area contributed by atoms with Crippen molar-refractivity contribution in [2.75, 3.05) is 18.0 Å². The number of anilines is 1. The molecule has 0 bridgehead atoms. The van der Waals surface area contributed by atoms with Crippen LogP contribution < -0.4 is 10.6 Å². The van der Waals surface area contributed by atoms with Gasteiger partial charge in [-0.3, -0.25) is 0 Å². The Morgan fingerprint density at radius 3 is 2.75 bits per heavy atom. The number of nitrogens with two attached hydrogens (primary N) is 1. The summed E-state index contributed by atoms with van der Waals surface area (Å²) in [6, 6.07) is 6.90. The van der Waals surface area contributed by atoms with E-state index in [1.807, 2.05) is 0 Å². The number of benzene rings is 1. The summed E-state index contributed by atoms with van der Waals surface area (Å²) in [7, 11) is 0. The monoisotopic (exact) mass is 338 g/mol. The Hall–Kier alpha value is -0.540. The molecule has 3 unspecified atom stereocenters. The van der Waals surface area contributed by atoms with Gasteiger partial charge in [0.25, 0.3) is 0 Å². The summed E-state index contributed by atoms with van der Waals surface area (Å²) >= 11 is 3.59. The summed E-state index contributed by atoms with van der Waals surface area (Å²) in [6.45, 7) is 9.23. The Morgan fingerprint density at radius 2 is 2.10 bits per heavy atom. The lowest BCUT2D eigenvalue weighted by Gasteiger charge is -2.38. The zero-order valence-corrected chi connectivity index (χ0v) is 14.5. The van der Waals surface area contributed by atoms with Crippen molar-refractivity contribution in [3.8, 4) is 0 Å². The molecule has 112 valence electrons. The number of rotatable bonds is 4. The molecule has 2 nitrogen and oxygen atoms in total. The average Bonchev–Trinajstić information content (AvgIpc) is 2.42. The fraction of sp³-hybridized carbons (Fsp3) is 0.647. The van der Waals surface area contributed by atoms with E-state index < -0.39 is 0 Å². The molecule has 1 aliphatic heterocycles. The van der Waals surface area contributed by atoms with Gasteiger partial charge in [0, 0.05) is 29.3 Å². The van der Waals surface area contributed by atoms with Crippen molar-refractivity contribution in [2.45, 2.75) is 46.1 Å². The molecular weight excluding hydrogens is 312 g/mol. The van der Waals surface area contributed by atoms with Crippen LogP contribution in [0.25, 0.3) is 0 Å². The maximum absolute atomic E-state index is 6.17. The molecule has 1 aromatic rings. The van der Waals surface area contributed by atoms with Crippen molar-refractivity contribution in [1.82, 2.24) is 0 Å². The average molecular weight is 339 g/mol. The minimum Gasteiger partial charge on any atom is -0.371 e. The van der Waals surface area contributed by atoms with Crippen molar-refractivity contribution in [1.29, 1.82) is 0 Å². The molecule has 2 N–H and O–H groups in total. The first-order valence-corrected chi connectivity index (χ1v) is 8.59. The first kappa shape index (κ1) is 15.8. The van der Waals surface area contributed by atoms with Crippen LogP contribution in [-0.4, -0.2) is 19.1 Å². The predicted molar refractivity (Wildman–Crippen MR) is 91.3 cm³/mol. The molecule has 1 aromatic carbocycles. The highest BCUT2D eigenvalue weighted by atomic mass is 79.9. The number of piperidine rings is 1. The smallest absolute Gasteiger partial charge is 0.0400 e. The van der Waals surface area contributed by atoms with E-state index in [0.717, 1.165) is 35.7 Å². The third-order valence-corrected chi connectivity index (χ3v) is 5.22. The Labute approximate surface area is 131 Å². The molecule has 0 amide bonds. The standard InChI is InChI=1S/C17H27BrN2/c1-4-16(19)10-14-9-15(18)5-6-17(14)20-8-7-12(2)13(3)11-20/h5-6,9,12-13,16H,4,7-8,10-11,19H2,1-3H3. The largest absolute Gasteiger partial charge is 0.371 e. The second-order valence-electron chi connectivity index (χ2n) is 6.33. The molecule has 1 fully saturated rings. The van der Waals surface area contributed by atoms with E-state index in [2.05, 4.69) is 59.8 Å². The third kappa shape index (κ3) is 3.76. The van der Waals surface area contributed by atoms with Crippen LogP contribution in [-0.2, 0) is 6.42 Å². The molecule has 1 aliphatic rings. The lowest BCUT2D eigenvalue weighted by molar-refractivity contribution is 0.323. The fourth-order valence-electron chi connectivity index (χ4n) is 2.93. The van der Waals surface area contributed by atoms with Gasteiger partial charge < -0.3 is 10.6 Å². The van der Waals surface area contributed by atoms with Gasteiger partial charge in [-0.05, 0) is 54.9 Å². The molecule has 1 heterocycles. The zero-order chi connectivity index (χ0) is 14.7. The Morgan fingerprint density at radius 1 is 1.35 bits per heavy atom. The quantitative estimate of drug-likeness (QED) is 0.890. The van der Waals surface area contributed by atoms with Crippen LogP contribution in [0.1, 0.15) is 39.2 Å². The molecular formula is C17H27BrN2. The Kier molecular flexibility index (Phi) is 5.50. The van der Waals surface area contributed by atoms with Crippen molar-refractivity contribution in [3.63, 3.8) is 0 Å². The first-order chi connectivity index (χ1) is 9.51. The van der Waals surface area contributed by atoms with Crippen molar-refractivity contribution in [3.05, 3.63) is 28.2 Å². The SMILES string of the molecule is CCC(N)Cc1cc(Br)ccc1N1CCC(C)C(C)C1. The third-order valence-electron chi connectivity index (χ3n) is 4.72. The zero-order valence-electron chi connectivity index (χ0n) is 12.9. The van der Waals surface area contributed by atoms with Crippen LogP contribution in [0.3, 0.4) is 0 Å². The lowest BCUT2D eigenvalue weighted by atomic mass is 9.88. The lowest BCUT2D eigenvalue weighted by Crippen LogP contribution is -2.39. The number of hydrogen-bond donors (Lipinski definition) is 1. The van der Waals surface area contributed by atoms with Crippen molar-refractivity contribution < 1.29 is 0 Å². The van der Waals surface area contributed by atoms with E-state index in [4.69, 9.17) is 5.73 Å². The highest BCUT2D eigenvalue weighted by Crippen LogP contribution is 2.31. The maximum Gasteiger partial charge on any atom is 0.0400 e. The van der Waals surface area contributed by atoms with E-state index in [9.17, 15) is 0 Å². The second-order valence-corrected chi connectivity index (χ2v) is 7.25. The van der Waals surface area contributed by atoms with Crippen molar-refractivity contribution in [2.24, 2.45) is 17.6 Å². The van der Waals surface area contributed by atoms with E-state index in [-0.39, 0.29) is 6.04 Å². The first-order valence-electron chi connectivity index (χ1n) is 7.80. The van der Waals surface area contributed by atoms with Crippen LogP contribution in [0.5, 0.6) is 0 Å². The van der Waals surface area contributed by atoms with Gasteiger partial charge in [0.05, 0.1) is 0 Å². The molecule has 2 rings (SSSR count). The molecule has 0 aliphatic carbocycles. The highest BCUT2D eigenvalue weighted by molar-refractivity contribution is 9.10. The minimum absolute atomic E-state index is 0.254. The van der Waals surface area contributed by atoms with Gasteiger partial charge in [-0.2, -0.15) is 0 Å². The van der Waals surface area contributed by atoms with Gasteiger partial charge >= 0.3 is 0 Å². The highest BCUT2D eigenvalue weighted by Gasteiger charge is 2.24. The summed E-state index contributed by atoms with van der Waals surface area (Å²) in [5.74, 6) is 1.60. The molecule has 20 heavy (non-hydrogen) atoms. The Balaban J connectivity index is 2.22. The number of nitrogens with zero attached hydrogens (tertiary/aromatic N) is 1. The number of hydrogen-bond acceptors (Lipinski definition) is 2. The maximum atomic E-state index is 6.17. The van der Waals surface area contributed by atoms with Crippen LogP contribution in [0.15, 0.2) is 22.7 Å². The van der Waals surface area contributed by atoms with E-state index in [1.165, 1.54) is 24.2 Å². The van der Waals surface area contributed by atoms with Crippen LogP contribution in [0.4, 0.5) is 5.69 Å². The van der Waals surface area contributed by atoms with E-state index in [0.29, 0.717) is 0 Å². The van der Waals surface area contributed by atoms with E-state index in [1.54, 1.807) is 0 Å². The molecule has 3 heteroatoms. The topological polar surface area (TPSA) is 29.3 Å². The summed E-state index contributed by atoms with van der Waals surface area (Å²) in [5, 5.41) is 0. The van der Waals surface area contributed by atoms with Gasteiger partial charge in [0.2, 0.25) is 0 Å². The van der Waals surface area contributed by atoms with Crippen LogP contribution in [0.2, 0.25) is 0 Å². The molecule has 0 radical (unpaired) electrons. The fourth-order valence-corrected chi connectivity index (χ4v) is 3.34. The molecule has 0 saturated carbocycles. The molecule has 1 saturated heterocycles. The normalized spacial score (nSPS) is 24.8.